The molecular weight excluding hydrogens is 356 g/mol. The Morgan fingerprint density at radius 1 is 1.48 bits per heavy atom. The van der Waals surface area contributed by atoms with E-state index in [1.54, 1.807) is 11.3 Å². The second kappa shape index (κ2) is 7.47. The van der Waals surface area contributed by atoms with Gasteiger partial charge in [-0.2, -0.15) is 0 Å². The van der Waals surface area contributed by atoms with Gasteiger partial charge in [0.05, 0.1) is 16.4 Å². The van der Waals surface area contributed by atoms with Crippen LogP contribution in [0.15, 0.2) is 4.79 Å². The summed E-state index contributed by atoms with van der Waals surface area (Å²) < 4.78 is 0. The van der Waals surface area contributed by atoms with E-state index in [2.05, 4.69) is 22.2 Å². The van der Waals surface area contributed by atoms with Crippen molar-refractivity contribution < 1.29 is 4.79 Å². The van der Waals surface area contributed by atoms with E-state index in [1.807, 2.05) is 25.7 Å². The summed E-state index contributed by atoms with van der Waals surface area (Å²) >= 11 is 3.07. The lowest BCUT2D eigenvalue weighted by Crippen LogP contribution is -2.54. The molecule has 1 unspecified atom stereocenters. The first-order valence-corrected chi connectivity index (χ1v) is 10.4. The minimum atomic E-state index is -0.159. The number of thiophene rings is 1. The molecule has 0 radical (unpaired) electrons. The summed E-state index contributed by atoms with van der Waals surface area (Å²) in [6, 6.07) is 0.218. The lowest BCUT2D eigenvalue weighted by molar-refractivity contribution is -0.133. The fraction of sp³-hybridized carbons (Fsp3) is 0.588. The number of piperazine rings is 1. The quantitative estimate of drug-likeness (QED) is 0.849. The number of hydrogen-bond donors (Lipinski definition) is 2. The smallest absolute Gasteiger partial charge is 0.259 e. The van der Waals surface area contributed by atoms with Crippen LogP contribution in [0.2, 0.25) is 0 Å². The molecule has 0 spiro atoms. The number of aromatic nitrogens is 2. The van der Waals surface area contributed by atoms with Gasteiger partial charge in [-0.15, -0.1) is 23.1 Å². The van der Waals surface area contributed by atoms with Crippen molar-refractivity contribution in [2.75, 3.05) is 19.6 Å². The van der Waals surface area contributed by atoms with E-state index in [0.29, 0.717) is 17.0 Å². The lowest BCUT2D eigenvalue weighted by atomic mass is 10.2. The zero-order chi connectivity index (χ0) is 18.1. The first-order chi connectivity index (χ1) is 11.9. The highest BCUT2D eigenvalue weighted by molar-refractivity contribution is 7.99. The van der Waals surface area contributed by atoms with Gasteiger partial charge >= 0.3 is 0 Å². The predicted octanol–water partition coefficient (Wildman–Crippen LogP) is 2.04. The molecule has 25 heavy (non-hydrogen) atoms. The number of aryl methyl sites for hydroxylation is 2. The van der Waals surface area contributed by atoms with Crippen molar-refractivity contribution in [2.24, 2.45) is 0 Å². The monoisotopic (exact) mass is 380 g/mol. The largest absolute Gasteiger partial charge is 0.336 e. The van der Waals surface area contributed by atoms with Crippen LogP contribution in [-0.2, 0) is 10.5 Å². The second-order valence-electron chi connectivity index (χ2n) is 6.51. The average Bonchev–Trinajstić information content (AvgIpc) is 2.87. The highest BCUT2D eigenvalue weighted by atomic mass is 32.2. The molecule has 2 aromatic rings. The molecular formula is C17H24N4O2S2. The Kier molecular flexibility index (Phi) is 5.50. The number of carbonyl (C=O) groups excluding carboxylic acids is 1. The van der Waals surface area contributed by atoms with Gasteiger partial charge in [-0.3, -0.25) is 9.59 Å². The van der Waals surface area contributed by atoms with Crippen molar-refractivity contribution in [1.29, 1.82) is 0 Å². The summed E-state index contributed by atoms with van der Waals surface area (Å²) in [6.45, 7) is 10.4. The van der Waals surface area contributed by atoms with E-state index in [-0.39, 0.29) is 22.8 Å². The van der Waals surface area contributed by atoms with Gasteiger partial charge in [0.15, 0.2) is 0 Å². The Morgan fingerprint density at radius 3 is 2.96 bits per heavy atom. The maximum Gasteiger partial charge on any atom is 0.259 e. The van der Waals surface area contributed by atoms with Crippen molar-refractivity contribution in [3.63, 3.8) is 0 Å². The van der Waals surface area contributed by atoms with E-state index in [9.17, 15) is 9.59 Å². The third-order valence-electron chi connectivity index (χ3n) is 4.69. The zero-order valence-electron chi connectivity index (χ0n) is 15.0. The number of nitrogens with zero attached hydrogens (tertiary/aromatic N) is 2. The molecule has 1 amide bonds. The summed E-state index contributed by atoms with van der Waals surface area (Å²) in [5.41, 5.74) is 0.918. The topological polar surface area (TPSA) is 78.1 Å². The maximum absolute atomic E-state index is 12.6. The second-order valence-corrected chi connectivity index (χ2v) is 9.05. The van der Waals surface area contributed by atoms with Gasteiger partial charge in [0.1, 0.15) is 10.7 Å². The molecule has 8 heteroatoms. The van der Waals surface area contributed by atoms with Crippen LogP contribution in [0.4, 0.5) is 0 Å². The van der Waals surface area contributed by atoms with E-state index < -0.39 is 0 Å². The number of rotatable bonds is 4. The molecule has 136 valence electrons. The Labute approximate surface area is 155 Å². The van der Waals surface area contributed by atoms with Gasteiger partial charge in [-0.05, 0) is 33.3 Å². The normalized spacial score (nSPS) is 19.4. The van der Waals surface area contributed by atoms with Crippen molar-refractivity contribution in [3.8, 4) is 0 Å². The molecule has 0 aliphatic carbocycles. The summed E-state index contributed by atoms with van der Waals surface area (Å²) in [6.07, 6.45) is 0. The number of aromatic amines is 1. The van der Waals surface area contributed by atoms with Crippen LogP contribution in [-0.4, -0.2) is 51.7 Å². The van der Waals surface area contributed by atoms with Crippen molar-refractivity contribution in [3.05, 3.63) is 26.6 Å². The molecule has 2 atom stereocenters. The Morgan fingerprint density at radius 2 is 2.24 bits per heavy atom. The summed E-state index contributed by atoms with van der Waals surface area (Å²) in [5, 5.41) is 3.83. The van der Waals surface area contributed by atoms with E-state index in [0.717, 1.165) is 34.9 Å². The molecule has 1 fully saturated rings. The number of thioether (sulfide) groups is 1. The fourth-order valence-electron chi connectivity index (χ4n) is 3.04. The molecule has 6 nitrogen and oxygen atoms in total. The van der Waals surface area contributed by atoms with Gasteiger partial charge in [0, 0.05) is 30.6 Å². The number of hydrogen-bond acceptors (Lipinski definition) is 6. The minimum Gasteiger partial charge on any atom is -0.336 e. The summed E-state index contributed by atoms with van der Waals surface area (Å²) in [5.74, 6) is 1.32. The third kappa shape index (κ3) is 3.75. The van der Waals surface area contributed by atoms with Crippen molar-refractivity contribution >= 4 is 39.2 Å². The van der Waals surface area contributed by atoms with Crippen LogP contribution in [0, 0.1) is 13.8 Å². The molecule has 1 aliphatic heterocycles. The van der Waals surface area contributed by atoms with Crippen LogP contribution in [0.5, 0.6) is 0 Å². The van der Waals surface area contributed by atoms with E-state index in [1.165, 1.54) is 11.8 Å². The summed E-state index contributed by atoms with van der Waals surface area (Å²) in [4.78, 5) is 36.3. The molecule has 0 aromatic carbocycles. The van der Waals surface area contributed by atoms with Gasteiger partial charge in [0.25, 0.3) is 5.56 Å². The number of carbonyl (C=O) groups is 1. The Balaban J connectivity index is 1.69. The highest BCUT2D eigenvalue weighted by Crippen LogP contribution is 2.26. The van der Waals surface area contributed by atoms with Crippen LogP contribution >= 0.6 is 23.1 Å². The Hall–Kier alpha value is -1.38. The van der Waals surface area contributed by atoms with Crippen molar-refractivity contribution in [2.45, 2.75) is 44.7 Å². The van der Waals surface area contributed by atoms with Crippen LogP contribution in [0.3, 0.4) is 0 Å². The van der Waals surface area contributed by atoms with Crippen molar-refractivity contribution in [1.82, 2.24) is 20.2 Å². The zero-order valence-corrected chi connectivity index (χ0v) is 16.6. The van der Waals surface area contributed by atoms with Gasteiger partial charge < -0.3 is 15.2 Å². The van der Waals surface area contributed by atoms with Gasteiger partial charge in [-0.25, -0.2) is 4.98 Å². The molecule has 1 saturated heterocycles. The molecule has 0 bridgehead atoms. The predicted molar refractivity (Wildman–Crippen MR) is 105 cm³/mol. The molecule has 2 aromatic heterocycles. The van der Waals surface area contributed by atoms with Gasteiger partial charge in [-0.1, -0.05) is 0 Å². The molecule has 3 heterocycles. The first-order valence-electron chi connectivity index (χ1n) is 8.50. The maximum atomic E-state index is 12.6. The van der Waals surface area contributed by atoms with Crippen LogP contribution < -0.4 is 10.9 Å². The number of nitrogens with one attached hydrogen (secondary N) is 2. The molecule has 0 saturated carbocycles. The fourth-order valence-corrected chi connectivity index (χ4v) is 4.92. The molecule has 3 rings (SSSR count). The van der Waals surface area contributed by atoms with Crippen LogP contribution in [0.25, 0.3) is 10.2 Å². The minimum absolute atomic E-state index is 0.0860. The number of fused-ring (bicyclic) bond motifs is 1. The molecule has 1 aliphatic rings. The lowest BCUT2D eigenvalue weighted by Gasteiger charge is -2.35. The first kappa shape index (κ1) is 18.4. The Bertz CT molecular complexity index is 845. The van der Waals surface area contributed by atoms with E-state index in [4.69, 9.17) is 0 Å². The van der Waals surface area contributed by atoms with E-state index >= 15 is 0 Å². The third-order valence-corrected chi connectivity index (χ3v) is 6.93. The molecule has 2 N–H and O–H groups in total. The number of amides is 1. The number of H-pyrrole nitrogens is 1. The SMILES string of the molecule is Cc1sc2nc(CSC(C)C(=O)N3CCNC[C@H]3C)[nH]c(=O)c2c1C. The van der Waals surface area contributed by atoms with Crippen LogP contribution in [0.1, 0.15) is 30.1 Å². The summed E-state index contributed by atoms with van der Waals surface area (Å²) in [7, 11) is 0. The highest BCUT2D eigenvalue weighted by Gasteiger charge is 2.27. The average molecular weight is 381 g/mol. The standard InChI is InChI=1S/C17H24N4O2S2/c1-9-7-18-5-6-21(9)17(23)12(4)24-8-13-19-15(22)14-10(2)11(3)25-16(14)20-13/h9,12,18H,5-8H2,1-4H3,(H,19,20,22)/t9-,12?/m1/s1. The van der Waals surface area contributed by atoms with Gasteiger partial charge in [0.2, 0.25) is 5.91 Å².